The molecule has 6 heteroatoms. The van der Waals surface area contributed by atoms with Gasteiger partial charge in [0.1, 0.15) is 0 Å². The first-order valence-electron chi connectivity index (χ1n) is 6.96. The molecule has 0 bridgehead atoms. The number of sulfonamides is 1. The highest BCUT2D eigenvalue weighted by molar-refractivity contribution is 7.89. The number of carbonyl (C=O) groups is 1. The molecular weight excluding hydrogens is 290 g/mol. The van der Waals surface area contributed by atoms with Gasteiger partial charge in [-0.15, -0.1) is 0 Å². The molecule has 1 saturated heterocycles. The van der Waals surface area contributed by atoms with E-state index >= 15 is 0 Å². The van der Waals surface area contributed by atoms with Gasteiger partial charge < -0.3 is 4.74 Å². The summed E-state index contributed by atoms with van der Waals surface area (Å²) in [5, 5.41) is 0. The molecule has 3 rings (SSSR count). The fourth-order valence-electron chi connectivity index (χ4n) is 2.82. The van der Waals surface area contributed by atoms with Crippen LogP contribution in [0.5, 0.6) is 0 Å². The van der Waals surface area contributed by atoms with Crippen molar-refractivity contribution >= 4 is 16.0 Å². The van der Waals surface area contributed by atoms with Crippen LogP contribution in [0.2, 0.25) is 0 Å². The molecule has 112 valence electrons. The first-order chi connectivity index (χ1) is 9.94. The largest absolute Gasteiger partial charge is 0.436 e. The van der Waals surface area contributed by atoms with Crippen LogP contribution in [0.4, 0.5) is 0 Å². The molecule has 1 aromatic rings. The lowest BCUT2D eigenvalue weighted by atomic mass is 10.0. The van der Waals surface area contributed by atoms with E-state index in [2.05, 4.69) is 0 Å². The van der Waals surface area contributed by atoms with Gasteiger partial charge in [-0.3, -0.25) is 0 Å². The van der Waals surface area contributed by atoms with Gasteiger partial charge in [0.05, 0.1) is 4.90 Å². The van der Waals surface area contributed by atoms with Gasteiger partial charge in [-0.2, -0.15) is 4.31 Å². The number of piperidine rings is 1. The molecule has 1 spiro atoms. The summed E-state index contributed by atoms with van der Waals surface area (Å²) in [4.78, 5) is 11.7. The lowest BCUT2D eigenvalue weighted by Crippen LogP contribution is -2.53. The Kier molecular flexibility index (Phi) is 3.37. The lowest BCUT2D eigenvalue weighted by Gasteiger charge is -2.40. The van der Waals surface area contributed by atoms with Crippen LogP contribution in [0.1, 0.15) is 24.8 Å². The summed E-state index contributed by atoms with van der Waals surface area (Å²) in [5.74, 6) is -0.485. The molecule has 0 saturated carbocycles. The SMILES string of the molecule is Cc1ccc(S(=O)(=O)N2CCCC[C@@]23C=CC(=O)O3)cc1. The summed E-state index contributed by atoms with van der Waals surface area (Å²) >= 11 is 0. The molecule has 0 radical (unpaired) electrons. The van der Waals surface area contributed by atoms with Crippen molar-refractivity contribution in [3.63, 3.8) is 0 Å². The van der Waals surface area contributed by atoms with Crippen LogP contribution < -0.4 is 0 Å². The Morgan fingerprint density at radius 3 is 2.52 bits per heavy atom. The molecule has 0 N–H and O–H groups in total. The van der Waals surface area contributed by atoms with Crippen LogP contribution in [0.3, 0.4) is 0 Å². The number of aryl methyl sites for hydroxylation is 1. The molecule has 0 unspecified atom stereocenters. The zero-order chi connectivity index (χ0) is 15.1. The fourth-order valence-corrected chi connectivity index (χ4v) is 4.52. The third-order valence-corrected chi connectivity index (χ3v) is 5.87. The maximum absolute atomic E-state index is 12.9. The van der Waals surface area contributed by atoms with E-state index in [4.69, 9.17) is 4.74 Å². The van der Waals surface area contributed by atoms with Crippen LogP contribution in [0.25, 0.3) is 0 Å². The van der Waals surface area contributed by atoms with Gasteiger partial charge >= 0.3 is 5.97 Å². The smallest absolute Gasteiger partial charge is 0.332 e. The van der Waals surface area contributed by atoms with Crippen LogP contribution in [-0.2, 0) is 19.6 Å². The van der Waals surface area contributed by atoms with Gasteiger partial charge in [-0.1, -0.05) is 17.7 Å². The van der Waals surface area contributed by atoms with E-state index in [1.807, 2.05) is 6.92 Å². The van der Waals surface area contributed by atoms with E-state index in [1.54, 1.807) is 30.3 Å². The Morgan fingerprint density at radius 2 is 1.90 bits per heavy atom. The van der Waals surface area contributed by atoms with E-state index in [9.17, 15) is 13.2 Å². The van der Waals surface area contributed by atoms with E-state index in [1.165, 1.54) is 10.4 Å². The number of esters is 1. The maximum Gasteiger partial charge on any atom is 0.332 e. The van der Waals surface area contributed by atoms with Crippen LogP contribution >= 0.6 is 0 Å². The van der Waals surface area contributed by atoms with Gasteiger partial charge in [0, 0.05) is 19.0 Å². The minimum atomic E-state index is -3.69. The highest BCUT2D eigenvalue weighted by atomic mass is 32.2. The monoisotopic (exact) mass is 307 g/mol. The van der Waals surface area contributed by atoms with Crippen molar-refractivity contribution < 1.29 is 17.9 Å². The number of ether oxygens (including phenoxy) is 1. The Balaban J connectivity index is 2.02. The predicted molar refractivity (Wildman–Crippen MR) is 76.9 cm³/mol. The molecule has 0 aromatic heterocycles. The van der Waals surface area contributed by atoms with E-state index in [-0.39, 0.29) is 4.90 Å². The highest BCUT2D eigenvalue weighted by Crippen LogP contribution is 2.38. The van der Waals surface area contributed by atoms with Gasteiger partial charge in [-0.05, 0) is 38.0 Å². The third kappa shape index (κ3) is 2.38. The molecule has 2 aliphatic heterocycles. The second-order valence-electron chi connectivity index (χ2n) is 5.45. The Hall–Kier alpha value is -1.66. The van der Waals surface area contributed by atoms with Crippen molar-refractivity contribution in [2.75, 3.05) is 6.54 Å². The van der Waals surface area contributed by atoms with Crippen molar-refractivity contribution in [1.82, 2.24) is 4.31 Å². The number of carbonyl (C=O) groups excluding carboxylic acids is 1. The second-order valence-corrected chi connectivity index (χ2v) is 7.31. The normalized spacial score (nSPS) is 26.2. The standard InChI is InChI=1S/C15H17NO4S/c1-12-4-6-13(7-5-12)21(18,19)16-11-3-2-9-15(16)10-8-14(17)20-15/h4-8,10H,2-3,9,11H2,1H3/t15-/m1/s1. The van der Waals surface area contributed by atoms with Crippen molar-refractivity contribution in [2.24, 2.45) is 0 Å². The summed E-state index contributed by atoms with van der Waals surface area (Å²) in [6.45, 7) is 2.26. The van der Waals surface area contributed by atoms with Gasteiger partial charge in [-0.25, -0.2) is 13.2 Å². The first kappa shape index (κ1) is 14.3. The minimum Gasteiger partial charge on any atom is -0.436 e. The third-order valence-electron chi connectivity index (χ3n) is 3.93. The molecular formula is C15H17NO4S. The van der Waals surface area contributed by atoms with Crippen molar-refractivity contribution in [3.05, 3.63) is 42.0 Å². The average Bonchev–Trinajstić information content (AvgIpc) is 2.81. The predicted octanol–water partition coefficient (Wildman–Crippen LogP) is 1.98. The zero-order valence-electron chi connectivity index (χ0n) is 11.8. The second kappa shape index (κ2) is 4.96. The average molecular weight is 307 g/mol. The van der Waals surface area contributed by atoms with Crippen molar-refractivity contribution in [1.29, 1.82) is 0 Å². The molecule has 21 heavy (non-hydrogen) atoms. The van der Waals surface area contributed by atoms with Crippen LogP contribution in [0.15, 0.2) is 41.3 Å². The van der Waals surface area contributed by atoms with Gasteiger partial charge in [0.25, 0.3) is 0 Å². The van der Waals surface area contributed by atoms with Gasteiger partial charge in [0.15, 0.2) is 5.72 Å². The summed E-state index contributed by atoms with van der Waals surface area (Å²) in [6, 6.07) is 6.71. The molecule has 5 nitrogen and oxygen atoms in total. The topological polar surface area (TPSA) is 63.7 Å². The summed E-state index contributed by atoms with van der Waals surface area (Å²) in [7, 11) is -3.69. The summed E-state index contributed by atoms with van der Waals surface area (Å²) in [6.07, 6.45) is 4.97. The van der Waals surface area contributed by atoms with Crippen molar-refractivity contribution in [2.45, 2.75) is 36.8 Å². The summed E-state index contributed by atoms with van der Waals surface area (Å²) < 4.78 is 32.4. The number of nitrogens with zero attached hydrogens (tertiary/aromatic N) is 1. The maximum atomic E-state index is 12.9. The Morgan fingerprint density at radius 1 is 1.19 bits per heavy atom. The number of benzene rings is 1. The quantitative estimate of drug-likeness (QED) is 0.784. The molecule has 0 aliphatic carbocycles. The minimum absolute atomic E-state index is 0.228. The van der Waals surface area contributed by atoms with Crippen LogP contribution in [0, 0.1) is 6.92 Å². The van der Waals surface area contributed by atoms with E-state index < -0.39 is 21.7 Å². The molecule has 2 heterocycles. The molecule has 1 aromatic carbocycles. The molecule has 1 atom stereocenters. The number of hydrogen-bond acceptors (Lipinski definition) is 4. The molecule has 1 fully saturated rings. The molecule has 2 aliphatic rings. The van der Waals surface area contributed by atoms with Crippen LogP contribution in [-0.4, -0.2) is 31.0 Å². The number of rotatable bonds is 2. The molecule has 0 amide bonds. The summed E-state index contributed by atoms with van der Waals surface area (Å²) in [5.41, 5.74) is -0.145. The van der Waals surface area contributed by atoms with Gasteiger partial charge in [0.2, 0.25) is 10.0 Å². The Bertz CT molecular complexity index is 693. The lowest BCUT2D eigenvalue weighted by molar-refractivity contribution is -0.158. The fraction of sp³-hybridized carbons (Fsp3) is 0.400. The first-order valence-corrected chi connectivity index (χ1v) is 8.40. The number of hydrogen-bond donors (Lipinski definition) is 0. The zero-order valence-corrected chi connectivity index (χ0v) is 12.6. The highest BCUT2D eigenvalue weighted by Gasteiger charge is 2.49. The Labute approximate surface area is 124 Å². The van der Waals surface area contributed by atoms with Crippen molar-refractivity contribution in [3.8, 4) is 0 Å². The van der Waals surface area contributed by atoms with E-state index in [0.717, 1.165) is 18.4 Å². The van der Waals surface area contributed by atoms with E-state index in [0.29, 0.717) is 13.0 Å².